The van der Waals surface area contributed by atoms with Crippen molar-refractivity contribution in [3.8, 4) is 0 Å². The molecule has 1 rings (SSSR count). The molecule has 18 heavy (non-hydrogen) atoms. The third-order valence-electron chi connectivity index (χ3n) is 2.46. The van der Waals surface area contributed by atoms with Gasteiger partial charge in [0.15, 0.2) is 0 Å². The second-order valence-corrected chi connectivity index (χ2v) is 4.99. The molecule has 2 N–H and O–H groups in total. The summed E-state index contributed by atoms with van der Waals surface area (Å²) in [5.74, 6) is 0.00483. The summed E-state index contributed by atoms with van der Waals surface area (Å²) in [5, 5.41) is 7.52. The van der Waals surface area contributed by atoms with E-state index in [1.165, 1.54) is 11.3 Å². The predicted octanol–water partition coefficient (Wildman–Crippen LogP) is 2.17. The van der Waals surface area contributed by atoms with E-state index in [-0.39, 0.29) is 11.8 Å². The first-order valence-electron chi connectivity index (χ1n) is 6.32. The summed E-state index contributed by atoms with van der Waals surface area (Å²) in [6.45, 7) is 3.38. The highest BCUT2D eigenvalue weighted by atomic mass is 32.1. The van der Waals surface area contributed by atoms with E-state index in [0.717, 1.165) is 19.4 Å². The van der Waals surface area contributed by atoms with Crippen LogP contribution in [0.1, 0.15) is 42.3 Å². The van der Waals surface area contributed by atoms with Crippen LogP contribution in [0.15, 0.2) is 17.5 Å². The number of nitrogens with one attached hydrogen (secondary N) is 2. The largest absolute Gasteiger partial charge is 0.356 e. The lowest BCUT2D eigenvalue weighted by molar-refractivity contribution is -0.121. The van der Waals surface area contributed by atoms with Gasteiger partial charge < -0.3 is 10.6 Å². The highest BCUT2D eigenvalue weighted by Crippen LogP contribution is 2.07. The molecule has 5 heteroatoms. The van der Waals surface area contributed by atoms with Crippen molar-refractivity contribution in [3.63, 3.8) is 0 Å². The molecule has 1 heterocycles. The number of rotatable bonds is 8. The van der Waals surface area contributed by atoms with Crippen LogP contribution < -0.4 is 10.6 Å². The van der Waals surface area contributed by atoms with Gasteiger partial charge in [0, 0.05) is 19.5 Å². The zero-order chi connectivity index (χ0) is 13.2. The first-order chi connectivity index (χ1) is 8.74. The van der Waals surface area contributed by atoms with Crippen molar-refractivity contribution in [2.75, 3.05) is 13.1 Å². The fraction of sp³-hybridized carbons (Fsp3) is 0.538. The van der Waals surface area contributed by atoms with E-state index in [9.17, 15) is 9.59 Å². The van der Waals surface area contributed by atoms with Crippen molar-refractivity contribution in [1.82, 2.24) is 10.6 Å². The van der Waals surface area contributed by atoms with Gasteiger partial charge in [-0.3, -0.25) is 9.59 Å². The average molecular weight is 268 g/mol. The minimum Gasteiger partial charge on any atom is -0.356 e. The van der Waals surface area contributed by atoms with E-state index < -0.39 is 0 Å². The Bertz CT molecular complexity index is 363. The van der Waals surface area contributed by atoms with Crippen LogP contribution in [0.2, 0.25) is 0 Å². The lowest BCUT2D eigenvalue weighted by Crippen LogP contribution is -2.27. The minimum atomic E-state index is -0.0589. The third kappa shape index (κ3) is 5.82. The van der Waals surface area contributed by atoms with Crippen LogP contribution in [0.5, 0.6) is 0 Å². The summed E-state index contributed by atoms with van der Waals surface area (Å²) in [6, 6.07) is 3.64. The number of hydrogen-bond donors (Lipinski definition) is 2. The number of hydrogen-bond acceptors (Lipinski definition) is 3. The zero-order valence-electron chi connectivity index (χ0n) is 10.7. The first kappa shape index (κ1) is 14.7. The normalized spacial score (nSPS) is 10.1. The van der Waals surface area contributed by atoms with Gasteiger partial charge in [-0.05, 0) is 24.3 Å². The molecule has 2 amide bonds. The second-order valence-electron chi connectivity index (χ2n) is 4.04. The van der Waals surface area contributed by atoms with Gasteiger partial charge in [0.25, 0.3) is 5.91 Å². The SMILES string of the molecule is CCCCNC(=O)CCCNC(=O)c1cccs1. The molecule has 100 valence electrons. The van der Waals surface area contributed by atoms with Gasteiger partial charge in [-0.2, -0.15) is 0 Å². The highest BCUT2D eigenvalue weighted by Gasteiger charge is 2.05. The van der Waals surface area contributed by atoms with Crippen molar-refractivity contribution in [3.05, 3.63) is 22.4 Å². The minimum absolute atomic E-state index is 0.0589. The van der Waals surface area contributed by atoms with Crippen molar-refractivity contribution < 1.29 is 9.59 Å². The molecule has 0 saturated carbocycles. The molecule has 0 aromatic carbocycles. The van der Waals surface area contributed by atoms with Crippen molar-refractivity contribution in [2.45, 2.75) is 32.6 Å². The molecular weight excluding hydrogens is 248 g/mol. The maximum absolute atomic E-state index is 11.6. The van der Waals surface area contributed by atoms with E-state index in [1.54, 1.807) is 6.07 Å². The lowest BCUT2D eigenvalue weighted by atomic mass is 10.2. The Balaban J connectivity index is 2.04. The van der Waals surface area contributed by atoms with Crippen molar-refractivity contribution in [1.29, 1.82) is 0 Å². The van der Waals surface area contributed by atoms with Crippen LogP contribution in [0.4, 0.5) is 0 Å². The lowest BCUT2D eigenvalue weighted by Gasteiger charge is -2.05. The molecule has 1 aromatic heterocycles. The Morgan fingerprint density at radius 3 is 2.67 bits per heavy atom. The summed E-state index contributed by atoms with van der Waals surface area (Å²) in [6.07, 6.45) is 3.24. The van der Waals surface area contributed by atoms with Crippen molar-refractivity contribution in [2.24, 2.45) is 0 Å². The van der Waals surface area contributed by atoms with E-state index in [2.05, 4.69) is 17.6 Å². The van der Waals surface area contributed by atoms with Gasteiger partial charge >= 0.3 is 0 Å². The number of unbranched alkanes of at least 4 members (excludes halogenated alkanes) is 1. The van der Waals surface area contributed by atoms with E-state index in [1.807, 2.05) is 11.4 Å². The second kappa shape index (κ2) is 8.69. The number of carbonyl (C=O) groups excluding carboxylic acids is 2. The Morgan fingerprint density at radius 1 is 1.22 bits per heavy atom. The molecule has 0 bridgehead atoms. The van der Waals surface area contributed by atoms with Crippen LogP contribution in [0.3, 0.4) is 0 Å². The molecule has 0 aliphatic rings. The molecule has 0 unspecified atom stereocenters. The van der Waals surface area contributed by atoms with Crippen LogP contribution in [0, 0.1) is 0 Å². The molecule has 4 nitrogen and oxygen atoms in total. The highest BCUT2D eigenvalue weighted by molar-refractivity contribution is 7.12. The van der Waals surface area contributed by atoms with Gasteiger partial charge in [0.05, 0.1) is 4.88 Å². The molecule has 0 spiro atoms. The first-order valence-corrected chi connectivity index (χ1v) is 7.20. The van der Waals surface area contributed by atoms with Gasteiger partial charge in [0.2, 0.25) is 5.91 Å². The summed E-state index contributed by atoms with van der Waals surface area (Å²) >= 11 is 1.42. The summed E-state index contributed by atoms with van der Waals surface area (Å²) in [4.78, 5) is 23.6. The Labute approximate surface area is 112 Å². The summed E-state index contributed by atoms with van der Waals surface area (Å²) in [7, 11) is 0. The van der Waals surface area contributed by atoms with Crippen molar-refractivity contribution >= 4 is 23.2 Å². The standard InChI is InChI=1S/C13H20N2O2S/c1-2-3-8-14-12(16)7-4-9-15-13(17)11-6-5-10-18-11/h5-6,10H,2-4,7-9H2,1H3,(H,14,16)(H,15,17). The molecule has 0 fully saturated rings. The summed E-state index contributed by atoms with van der Waals surface area (Å²) < 4.78 is 0. The molecule has 0 aliphatic heterocycles. The quantitative estimate of drug-likeness (QED) is 0.710. The fourth-order valence-corrected chi connectivity index (χ4v) is 2.08. The van der Waals surface area contributed by atoms with Crippen LogP contribution in [-0.2, 0) is 4.79 Å². The van der Waals surface area contributed by atoms with Crippen LogP contribution >= 0.6 is 11.3 Å². The third-order valence-corrected chi connectivity index (χ3v) is 3.33. The van der Waals surface area contributed by atoms with Gasteiger partial charge in [-0.25, -0.2) is 0 Å². The predicted molar refractivity (Wildman–Crippen MR) is 73.8 cm³/mol. The Hall–Kier alpha value is -1.36. The van der Waals surface area contributed by atoms with Gasteiger partial charge in [-0.15, -0.1) is 11.3 Å². The van der Waals surface area contributed by atoms with Crippen LogP contribution in [0.25, 0.3) is 0 Å². The fourth-order valence-electron chi connectivity index (χ4n) is 1.44. The molecule has 0 aliphatic carbocycles. The van der Waals surface area contributed by atoms with E-state index in [4.69, 9.17) is 0 Å². The topological polar surface area (TPSA) is 58.2 Å². The van der Waals surface area contributed by atoms with Gasteiger partial charge in [-0.1, -0.05) is 19.4 Å². The number of carbonyl (C=O) groups is 2. The van der Waals surface area contributed by atoms with E-state index >= 15 is 0 Å². The molecular formula is C13H20N2O2S. The molecule has 1 aromatic rings. The number of amides is 2. The Morgan fingerprint density at radius 2 is 2.00 bits per heavy atom. The molecule has 0 atom stereocenters. The number of thiophene rings is 1. The van der Waals surface area contributed by atoms with E-state index in [0.29, 0.717) is 24.3 Å². The zero-order valence-corrected chi connectivity index (χ0v) is 11.5. The monoisotopic (exact) mass is 268 g/mol. The van der Waals surface area contributed by atoms with Crippen LogP contribution in [-0.4, -0.2) is 24.9 Å². The molecule has 0 saturated heterocycles. The maximum atomic E-state index is 11.6. The average Bonchev–Trinajstić information content (AvgIpc) is 2.88. The smallest absolute Gasteiger partial charge is 0.261 e. The van der Waals surface area contributed by atoms with Gasteiger partial charge in [0.1, 0.15) is 0 Å². The summed E-state index contributed by atoms with van der Waals surface area (Å²) in [5.41, 5.74) is 0. The molecule has 0 radical (unpaired) electrons. The maximum Gasteiger partial charge on any atom is 0.261 e. The Kier molecular flexibility index (Phi) is 7.10.